The van der Waals surface area contributed by atoms with E-state index in [9.17, 15) is 9.90 Å². The van der Waals surface area contributed by atoms with E-state index in [4.69, 9.17) is 10.5 Å². The number of methoxy groups -OCH3 is 1. The zero-order valence-corrected chi connectivity index (χ0v) is 13.9. The van der Waals surface area contributed by atoms with Crippen molar-refractivity contribution in [2.45, 2.75) is 38.2 Å². The number of aliphatic hydroxyl groups excluding tert-OH is 1. The second-order valence-electron chi connectivity index (χ2n) is 5.05. The number of nitrogens with two attached hydrogens (primary N) is 1. The maximum Gasteiger partial charge on any atom is 0.220 e. The molecule has 0 aliphatic heterocycles. The standard InChI is InChI=1S/C16H26N2O3.ClH/c1-21-14-8-6-7-13(11-14)15(19)12-18-16(20)9-4-2-3-5-10-17;/h6-8,11,15,19H,2-5,9-10,12,17H2,1H3,(H,18,20);1H. The number of nitrogens with one attached hydrogen (secondary N) is 1. The first-order valence-electron chi connectivity index (χ1n) is 7.46. The van der Waals surface area contributed by atoms with Crippen molar-refractivity contribution in [2.75, 3.05) is 20.2 Å². The molecule has 1 amide bonds. The lowest BCUT2D eigenvalue weighted by molar-refractivity contribution is -0.121. The number of hydrogen-bond acceptors (Lipinski definition) is 4. The normalized spacial score (nSPS) is 11.4. The predicted molar refractivity (Wildman–Crippen MR) is 90.4 cm³/mol. The molecular formula is C16H27ClN2O3. The molecule has 0 aliphatic rings. The van der Waals surface area contributed by atoms with Gasteiger partial charge in [-0.25, -0.2) is 0 Å². The van der Waals surface area contributed by atoms with Gasteiger partial charge in [-0.2, -0.15) is 0 Å². The van der Waals surface area contributed by atoms with Crippen LogP contribution in [0.2, 0.25) is 0 Å². The Morgan fingerprint density at radius 2 is 2.05 bits per heavy atom. The summed E-state index contributed by atoms with van der Waals surface area (Å²) in [6.45, 7) is 0.924. The number of unbranched alkanes of at least 4 members (excludes halogenated alkanes) is 3. The van der Waals surface area contributed by atoms with Gasteiger partial charge in [-0.1, -0.05) is 25.0 Å². The van der Waals surface area contributed by atoms with E-state index in [-0.39, 0.29) is 24.9 Å². The van der Waals surface area contributed by atoms with Crippen molar-refractivity contribution in [3.05, 3.63) is 29.8 Å². The summed E-state index contributed by atoms with van der Waals surface area (Å²) in [6.07, 6.45) is 3.73. The molecule has 6 heteroatoms. The van der Waals surface area contributed by atoms with Crippen LogP contribution in [0.4, 0.5) is 0 Å². The number of halogens is 1. The van der Waals surface area contributed by atoms with Gasteiger partial charge in [0.25, 0.3) is 0 Å². The number of amides is 1. The van der Waals surface area contributed by atoms with E-state index in [1.54, 1.807) is 13.2 Å². The van der Waals surface area contributed by atoms with Gasteiger partial charge in [0, 0.05) is 13.0 Å². The molecule has 0 bridgehead atoms. The van der Waals surface area contributed by atoms with Crippen LogP contribution in [0.3, 0.4) is 0 Å². The maximum atomic E-state index is 11.7. The Hall–Kier alpha value is -1.30. The fraction of sp³-hybridized carbons (Fsp3) is 0.562. The highest BCUT2D eigenvalue weighted by molar-refractivity contribution is 5.85. The van der Waals surface area contributed by atoms with E-state index in [1.165, 1.54) is 0 Å². The molecule has 1 unspecified atom stereocenters. The Labute approximate surface area is 138 Å². The predicted octanol–water partition coefficient (Wildman–Crippen LogP) is 2.18. The zero-order chi connectivity index (χ0) is 15.5. The van der Waals surface area contributed by atoms with Crippen molar-refractivity contribution in [3.63, 3.8) is 0 Å². The Morgan fingerprint density at radius 1 is 1.32 bits per heavy atom. The Kier molecular flexibility index (Phi) is 11.5. The van der Waals surface area contributed by atoms with Crippen LogP contribution >= 0.6 is 12.4 Å². The third-order valence-electron chi connectivity index (χ3n) is 3.33. The monoisotopic (exact) mass is 330 g/mol. The smallest absolute Gasteiger partial charge is 0.220 e. The quantitative estimate of drug-likeness (QED) is 0.574. The summed E-state index contributed by atoms with van der Waals surface area (Å²) in [5.74, 6) is 0.669. The van der Waals surface area contributed by atoms with Crippen molar-refractivity contribution in [1.29, 1.82) is 0 Å². The van der Waals surface area contributed by atoms with Gasteiger partial charge in [-0.3, -0.25) is 4.79 Å². The minimum absolute atomic E-state index is 0. The lowest BCUT2D eigenvalue weighted by atomic mass is 10.1. The van der Waals surface area contributed by atoms with Gasteiger partial charge in [-0.05, 0) is 37.1 Å². The minimum atomic E-state index is -0.721. The van der Waals surface area contributed by atoms with E-state index in [2.05, 4.69) is 5.32 Å². The molecule has 0 aliphatic carbocycles. The fourth-order valence-corrected chi connectivity index (χ4v) is 2.05. The van der Waals surface area contributed by atoms with E-state index in [0.29, 0.717) is 18.7 Å². The van der Waals surface area contributed by atoms with Gasteiger partial charge < -0.3 is 20.9 Å². The summed E-state index contributed by atoms with van der Waals surface area (Å²) in [4.78, 5) is 11.7. The molecule has 5 nitrogen and oxygen atoms in total. The second kappa shape index (κ2) is 12.3. The molecule has 0 aromatic heterocycles. The van der Waals surface area contributed by atoms with E-state index in [1.807, 2.05) is 18.2 Å². The van der Waals surface area contributed by atoms with Crippen molar-refractivity contribution in [1.82, 2.24) is 5.32 Å². The minimum Gasteiger partial charge on any atom is -0.497 e. The van der Waals surface area contributed by atoms with Crippen LogP contribution in [0, 0.1) is 0 Å². The van der Waals surface area contributed by atoms with Gasteiger partial charge in [0.1, 0.15) is 5.75 Å². The average Bonchev–Trinajstić information content (AvgIpc) is 2.52. The summed E-state index contributed by atoms with van der Waals surface area (Å²) < 4.78 is 5.11. The summed E-state index contributed by atoms with van der Waals surface area (Å²) in [7, 11) is 1.58. The summed E-state index contributed by atoms with van der Waals surface area (Å²) >= 11 is 0. The number of rotatable bonds is 10. The zero-order valence-electron chi connectivity index (χ0n) is 13.1. The molecule has 1 rings (SSSR count). The first-order valence-corrected chi connectivity index (χ1v) is 7.46. The first-order chi connectivity index (χ1) is 10.2. The molecule has 0 heterocycles. The highest BCUT2D eigenvalue weighted by Gasteiger charge is 2.10. The molecule has 22 heavy (non-hydrogen) atoms. The highest BCUT2D eigenvalue weighted by atomic mass is 35.5. The van der Waals surface area contributed by atoms with Crippen molar-refractivity contribution in [2.24, 2.45) is 5.73 Å². The van der Waals surface area contributed by atoms with Crippen LogP contribution in [0.15, 0.2) is 24.3 Å². The Morgan fingerprint density at radius 3 is 2.73 bits per heavy atom. The molecule has 4 N–H and O–H groups in total. The number of hydrogen-bond donors (Lipinski definition) is 3. The summed E-state index contributed by atoms with van der Waals surface area (Å²) in [5, 5.41) is 12.8. The van der Waals surface area contributed by atoms with E-state index in [0.717, 1.165) is 31.2 Å². The van der Waals surface area contributed by atoms with Gasteiger partial charge in [-0.15, -0.1) is 12.4 Å². The molecule has 1 atom stereocenters. The average molecular weight is 331 g/mol. The molecule has 1 aromatic rings. The summed E-state index contributed by atoms with van der Waals surface area (Å²) in [5.41, 5.74) is 6.15. The Bertz CT molecular complexity index is 430. The molecule has 0 saturated heterocycles. The van der Waals surface area contributed by atoms with E-state index < -0.39 is 6.10 Å². The van der Waals surface area contributed by atoms with Crippen molar-refractivity contribution >= 4 is 18.3 Å². The first kappa shape index (κ1) is 20.7. The number of aliphatic hydroxyl groups is 1. The second-order valence-corrected chi connectivity index (χ2v) is 5.05. The third kappa shape index (κ3) is 8.22. The van der Waals surface area contributed by atoms with Gasteiger partial charge in [0.05, 0.1) is 13.2 Å². The van der Waals surface area contributed by atoms with Gasteiger partial charge in [0.2, 0.25) is 5.91 Å². The van der Waals surface area contributed by atoms with Crippen molar-refractivity contribution in [3.8, 4) is 5.75 Å². The number of benzene rings is 1. The van der Waals surface area contributed by atoms with Crippen LogP contribution in [0.1, 0.15) is 43.8 Å². The number of ether oxygens (including phenoxy) is 1. The van der Waals surface area contributed by atoms with Gasteiger partial charge in [0.15, 0.2) is 0 Å². The highest BCUT2D eigenvalue weighted by Crippen LogP contribution is 2.18. The maximum absolute atomic E-state index is 11.7. The molecule has 1 aromatic carbocycles. The largest absolute Gasteiger partial charge is 0.497 e. The number of carbonyl (C=O) groups excluding carboxylic acids is 1. The molecular weight excluding hydrogens is 304 g/mol. The van der Waals surface area contributed by atoms with Gasteiger partial charge >= 0.3 is 0 Å². The summed E-state index contributed by atoms with van der Waals surface area (Å²) in [6, 6.07) is 7.21. The molecule has 126 valence electrons. The lowest BCUT2D eigenvalue weighted by Gasteiger charge is -2.13. The third-order valence-corrected chi connectivity index (χ3v) is 3.33. The molecule has 0 saturated carbocycles. The van der Waals surface area contributed by atoms with Crippen LogP contribution in [-0.4, -0.2) is 31.2 Å². The lowest BCUT2D eigenvalue weighted by Crippen LogP contribution is -2.28. The number of carbonyl (C=O) groups is 1. The van der Waals surface area contributed by atoms with Crippen molar-refractivity contribution < 1.29 is 14.6 Å². The topological polar surface area (TPSA) is 84.6 Å². The fourth-order valence-electron chi connectivity index (χ4n) is 2.05. The van der Waals surface area contributed by atoms with Crippen LogP contribution in [0.25, 0.3) is 0 Å². The molecule has 0 fully saturated rings. The van der Waals surface area contributed by atoms with Crippen LogP contribution in [-0.2, 0) is 4.79 Å². The molecule has 0 radical (unpaired) electrons. The molecule has 0 spiro atoms. The Balaban J connectivity index is 0.00000441. The van der Waals surface area contributed by atoms with Crippen LogP contribution in [0.5, 0.6) is 5.75 Å². The SMILES string of the molecule is COc1cccc(C(O)CNC(=O)CCCCCCN)c1.Cl. The van der Waals surface area contributed by atoms with E-state index >= 15 is 0 Å². The van der Waals surface area contributed by atoms with Crippen LogP contribution < -0.4 is 15.8 Å².